The fourth-order valence-corrected chi connectivity index (χ4v) is 5.51. The number of likely N-dealkylation sites (N-methyl/N-ethyl adjacent to an activating group) is 1. The summed E-state index contributed by atoms with van der Waals surface area (Å²) in [5, 5.41) is 22.5. The van der Waals surface area contributed by atoms with Gasteiger partial charge in [0.2, 0.25) is 29.5 Å². The Hall–Kier alpha value is -6.00. The molecule has 1 atom stereocenters. The molecular weight excluding hydrogens is 664 g/mol. The van der Waals surface area contributed by atoms with Crippen molar-refractivity contribution in [3.05, 3.63) is 95.1 Å². The summed E-state index contributed by atoms with van der Waals surface area (Å²) in [4.78, 5) is 75.7. The molecule has 0 fully saturated rings. The summed E-state index contributed by atoms with van der Waals surface area (Å²) in [7, 11) is 1.79. The Morgan fingerprint density at radius 3 is 1.98 bits per heavy atom. The molecule has 1 aliphatic rings. The molecule has 0 bridgehead atoms. The van der Waals surface area contributed by atoms with Crippen LogP contribution in [0.2, 0.25) is 0 Å². The number of rotatable bonds is 16. The fourth-order valence-electron chi connectivity index (χ4n) is 5.51. The van der Waals surface area contributed by atoms with Gasteiger partial charge in [-0.15, -0.1) is 0 Å². The SMILES string of the molecule is CNC(Cc1ccc(NC(=O)CNC(=O)CNC(=O)CNC(=O)CCC(=O)N2Cc3ccccc3C#Cc3ccccc32)cc1)CC(C)(C)C(=O)O. The molecule has 3 aromatic carbocycles. The minimum atomic E-state index is -0.875. The van der Waals surface area contributed by atoms with Crippen molar-refractivity contribution >= 4 is 46.9 Å². The van der Waals surface area contributed by atoms with E-state index < -0.39 is 48.1 Å². The van der Waals surface area contributed by atoms with Crippen molar-refractivity contribution in [1.29, 1.82) is 0 Å². The van der Waals surface area contributed by atoms with Gasteiger partial charge in [-0.05, 0) is 75.2 Å². The Bertz CT molecular complexity index is 1860. The van der Waals surface area contributed by atoms with E-state index in [-0.39, 0.29) is 31.3 Å². The van der Waals surface area contributed by atoms with E-state index in [9.17, 15) is 33.9 Å². The summed E-state index contributed by atoms with van der Waals surface area (Å²) in [6, 6.07) is 22.0. The Balaban J connectivity index is 1.13. The van der Waals surface area contributed by atoms with Crippen molar-refractivity contribution in [3.8, 4) is 11.8 Å². The molecule has 5 amide bonds. The van der Waals surface area contributed by atoms with Crippen LogP contribution < -0.4 is 31.5 Å². The van der Waals surface area contributed by atoms with E-state index in [2.05, 4.69) is 38.4 Å². The molecule has 272 valence electrons. The standard InChI is InChI=1S/C39H44N6O7/c1-39(2,38(51)52)21-31(40-3)20-26-12-16-30(17-13-26)44-36(49)24-43-35(48)23-42-34(47)22-41-33(46)18-19-37(50)45-25-29-10-5-4-8-27(29)14-15-28-9-6-7-11-32(28)45/h4-13,16-17,31,40H,18-25H2,1-3H3,(H,41,46)(H,42,47)(H,43,48)(H,44,49)(H,51,52). The quantitative estimate of drug-likeness (QED) is 0.123. The number of fused-ring (bicyclic) bond motifs is 2. The first-order valence-electron chi connectivity index (χ1n) is 16.9. The molecule has 0 saturated carbocycles. The molecule has 0 spiro atoms. The third kappa shape index (κ3) is 11.5. The van der Waals surface area contributed by atoms with Crippen LogP contribution in [0, 0.1) is 17.3 Å². The first-order valence-corrected chi connectivity index (χ1v) is 16.9. The highest BCUT2D eigenvalue weighted by Crippen LogP contribution is 2.27. The Labute approximate surface area is 302 Å². The molecule has 1 heterocycles. The molecule has 4 rings (SSSR count). The minimum Gasteiger partial charge on any atom is -0.481 e. The largest absolute Gasteiger partial charge is 0.481 e. The first-order chi connectivity index (χ1) is 24.8. The number of para-hydroxylation sites is 1. The third-order valence-corrected chi connectivity index (χ3v) is 8.54. The Morgan fingerprint density at radius 1 is 0.750 bits per heavy atom. The number of carboxylic acid groups (broad SMARTS) is 1. The smallest absolute Gasteiger partial charge is 0.309 e. The average molecular weight is 709 g/mol. The van der Waals surface area contributed by atoms with Crippen molar-refractivity contribution in [3.63, 3.8) is 0 Å². The molecule has 1 unspecified atom stereocenters. The van der Waals surface area contributed by atoms with Crippen LogP contribution in [-0.2, 0) is 41.7 Å². The lowest BCUT2D eigenvalue weighted by Gasteiger charge is -2.26. The zero-order chi connectivity index (χ0) is 37.7. The van der Waals surface area contributed by atoms with E-state index in [1.54, 1.807) is 37.9 Å². The van der Waals surface area contributed by atoms with Gasteiger partial charge in [0, 0.05) is 35.7 Å². The maximum Gasteiger partial charge on any atom is 0.309 e. The van der Waals surface area contributed by atoms with Gasteiger partial charge < -0.3 is 36.6 Å². The number of benzene rings is 3. The van der Waals surface area contributed by atoms with Gasteiger partial charge in [0.05, 0.1) is 37.3 Å². The predicted octanol–water partition coefficient (Wildman–Crippen LogP) is 2.33. The second-order valence-electron chi connectivity index (χ2n) is 13.1. The van der Waals surface area contributed by atoms with Crippen molar-refractivity contribution in [2.24, 2.45) is 5.41 Å². The van der Waals surface area contributed by atoms with Crippen molar-refractivity contribution in [1.82, 2.24) is 21.3 Å². The second-order valence-corrected chi connectivity index (χ2v) is 13.1. The molecule has 1 aliphatic heterocycles. The predicted molar refractivity (Wildman–Crippen MR) is 196 cm³/mol. The van der Waals surface area contributed by atoms with E-state index in [1.165, 1.54) is 0 Å². The Morgan fingerprint density at radius 2 is 1.33 bits per heavy atom. The van der Waals surface area contributed by atoms with Crippen LogP contribution >= 0.6 is 0 Å². The third-order valence-electron chi connectivity index (χ3n) is 8.54. The highest BCUT2D eigenvalue weighted by molar-refractivity contribution is 5.98. The van der Waals surface area contributed by atoms with Crippen LogP contribution in [0.15, 0.2) is 72.8 Å². The monoisotopic (exact) mass is 708 g/mol. The second kappa shape index (κ2) is 18.3. The van der Waals surface area contributed by atoms with Gasteiger partial charge in [-0.25, -0.2) is 0 Å². The van der Waals surface area contributed by atoms with Gasteiger partial charge >= 0.3 is 5.97 Å². The highest BCUT2D eigenvalue weighted by Gasteiger charge is 2.30. The van der Waals surface area contributed by atoms with E-state index in [1.807, 2.05) is 60.7 Å². The lowest BCUT2D eigenvalue weighted by molar-refractivity contribution is -0.147. The van der Waals surface area contributed by atoms with Crippen molar-refractivity contribution < 1.29 is 33.9 Å². The molecule has 0 radical (unpaired) electrons. The summed E-state index contributed by atoms with van der Waals surface area (Å²) in [6.07, 6.45) is 0.817. The molecule has 13 nitrogen and oxygen atoms in total. The van der Waals surface area contributed by atoms with Gasteiger partial charge in [0.1, 0.15) is 0 Å². The number of nitrogens with zero attached hydrogens (tertiary/aromatic N) is 1. The molecule has 52 heavy (non-hydrogen) atoms. The average Bonchev–Trinajstić information content (AvgIpc) is 3.12. The summed E-state index contributed by atoms with van der Waals surface area (Å²) >= 11 is 0. The highest BCUT2D eigenvalue weighted by atomic mass is 16.4. The first kappa shape index (κ1) is 38.8. The maximum atomic E-state index is 13.3. The van der Waals surface area contributed by atoms with Gasteiger partial charge in [0.15, 0.2) is 0 Å². The minimum absolute atomic E-state index is 0.0525. The number of amides is 5. The van der Waals surface area contributed by atoms with E-state index >= 15 is 0 Å². The van der Waals surface area contributed by atoms with Crippen LogP contribution in [0.25, 0.3) is 0 Å². The lowest BCUT2D eigenvalue weighted by Crippen LogP contribution is -2.43. The molecule has 6 N–H and O–H groups in total. The zero-order valence-electron chi connectivity index (χ0n) is 29.5. The molecule has 13 heteroatoms. The van der Waals surface area contributed by atoms with Crippen LogP contribution in [0.3, 0.4) is 0 Å². The summed E-state index contributed by atoms with van der Waals surface area (Å²) < 4.78 is 0. The Kier molecular flexibility index (Phi) is 13.7. The topological polar surface area (TPSA) is 186 Å². The summed E-state index contributed by atoms with van der Waals surface area (Å²) in [5.74, 6) is 2.99. The number of carbonyl (C=O) groups is 6. The van der Waals surface area contributed by atoms with E-state index in [0.717, 1.165) is 16.7 Å². The number of aliphatic carboxylic acids is 1. The zero-order valence-corrected chi connectivity index (χ0v) is 29.5. The van der Waals surface area contributed by atoms with E-state index in [4.69, 9.17) is 0 Å². The number of nitrogens with one attached hydrogen (secondary N) is 5. The van der Waals surface area contributed by atoms with Gasteiger partial charge in [0.25, 0.3) is 0 Å². The van der Waals surface area contributed by atoms with Crippen molar-refractivity contribution in [2.75, 3.05) is 36.9 Å². The molecular formula is C39H44N6O7. The number of hydrogen-bond acceptors (Lipinski definition) is 7. The van der Waals surface area contributed by atoms with Crippen LogP contribution in [0.5, 0.6) is 0 Å². The van der Waals surface area contributed by atoms with Gasteiger partial charge in [-0.1, -0.05) is 54.3 Å². The molecule has 3 aromatic rings. The van der Waals surface area contributed by atoms with Crippen molar-refractivity contribution in [2.45, 2.75) is 52.1 Å². The number of anilines is 2. The summed E-state index contributed by atoms with van der Waals surface area (Å²) in [6.45, 7) is 2.56. The van der Waals surface area contributed by atoms with E-state index in [0.29, 0.717) is 36.3 Å². The van der Waals surface area contributed by atoms with Crippen LogP contribution in [0.4, 0.5) is 11.4 Å². The lowest BCUT2D eigenvalue weighted by atomic mass is 9.84. The van der Waals surface area contributed by atoms with Gasteiger partial charge in [-0.2, -0.15) is 0 Å². The molecule has 0 aromatic heterocycles. The number of carbonyl (C=O) groups excluding carboxylic acids is 5. The molecule has 0 aliphatic carbocycles. The fraction of sp³-hybridized carbons (Fsp3) is 0.333. The van der Waals surface area contributed by atoms with Crippen LogP contribution in [-0.4, -0.2) is 73.3 Å². The number of hydrogen-bond donors (Lipinski definition) is 6. The summed E-state index contributed by atoms with van der Waals surface area (Å²) in [5.41, 5.74) is 3.70. The van der Waals surface area contributed by atoms with Crippen LogP contribution in [0.1, 0.15) is 55.4 Å². The normalized spacial score (nSPS) is 12.3. The number of carboxylic acids is 1. The maximum absolute atomic E-state index is 13.3. The molecule has 0 saturated heterocycles. The van der Waals surface area contributed by atoms with Gasteiger partial charge in [-0.3, -0.25) is 28.8 Å².